The Kier molecular flexibility index (Phi) is 20.6. The summed E-state index contributed by atoms with van der Waals surface area (Å²) in [6.07, 6.45) is 27.1. The highest BCUT2D eigenvalue weighted by atomic mass is 16.1. The zero-order valence-electron chi connectivity index (χ0n) is 23.1. The highest BCUT2D eigenvalue weighted by molar-refractivity contribution is 5.76. The Balaban J connectivity index is 3.35. The van der Waals surface area contributed by atoms with Crippen molar-refractivity contribution in [3.8, 4) is 0 Å². The van der Waals surface area contributed by atoms with Gasteiger partial charge in [0.1, 0.15) is 0 Å². The van der Waals surface area contributed by atoms with E-state index in [0.717, 1.165) is 6.42 Å². The van der Waals surface area contributed by atoms with E-state index >= 15 is 0 Å². The Morgan fingerprint density at radius 1 is 0.625 bits per heavy atom. The van der Waals surface area contributed by atoms with Crippen LogP contribution in [0.3, 0.4) is 0 Å². The number of hydrogen-bond acceptors (Lipinski definition) is 2. The molecule has 0 spiro atoms. The molecule has 0 aromatic heterocycles. The lowest BCUT2D eigenvalue weighted by Crippen LogP contribution is -2.52. The van der Waals surface area contributed by atoms with Gasteiger partial charge in [-0.2, -0.15) is 0 Å². The molecule has 0 aliphatic carbocycles. The lowest BCUT2D eigenvalue weighted by atomic mass is 9.91. The Labute approximate surface area is 202 Å². The number of carbonyl (C=O) groups is 1. The third kappa shape index (κ3) is 20.1. The minimum Gasteiger partial charge on any atom is -0.340 e. The van der Waals surface area contributed by atoms with Gasteiger partial charge in [-0.3, -0.25) is 9.69 Å². The fourth-order valence-electron chi connectivity index (χ4n) is 4.71. The normalized spacial score (nSPS) is 13.0. The average Bonchev–Trinajstić information content (AvgIpc) is 2.72. The average molecular weight is 453 g/mol. The Hall–Kier alpha value is -0.570. The Morgan fingerprint density at radius 2 is 0.938 bits per heavy atom. The third-order valence-corrected chi connectivity index (χ3v) is 6.64. The molecule has 0 radical (unpaired) electrons. The number of hydrogen-bond donors (Lipinski definition) is 1. The van der Waals surface area contributed by atoms with E-state index in [9.17, 15) is 4.79 Å². The van der Waals surface area contributed by atoms with Crippen molar-refractivity contribution in [2.45, 2.75) is 162 Å². The maximum atomic E-state index is 12.2. The zero-order chi connectivity index (χ0) is 24.1. The molecule has 192 valence electrons. The van der Waals surface area contributed by atoms with E-state index < -0.39 is 0 Å². The number of nitrogens with one attached hydrogen (secondary N) is 1. The van der Waals surface area contributed by atoms with Crippen molar-refractivity contribution < 1.29 is 4.79 Å². The third-order valence-electron chi connectivity index (χ3n) is 6.64. The van der Waals surface area contributed by atoms with Crippen LogP contribution in [0.5, 0.6) is 0 Å². The van der Waals surface area contributed by atoms with E-state index in [4.69, 9.17) is 0 Å². The van der Waals surface area contributed by atoms with Crippen LogP contribution in [0.25, 0.3) is 0 Å². The first-order chi connectivity index (χ1) is 15.3. The first kappa shape index (κ1) is 31.4. The number of rotatable bonds is 22. The molecule has 3 heteroatoms. The van der Waals surface area contributed by atoms with Crippen LogP contribution in [-0.2, 0) is 4.79 Å². The molecule has 0 bridgehead atoms. The highest BCUT2D eigenvalue weighted by Crippen LogP contribution is 2.21. The number of amides is 1. The van der Waals surface area contributed by atoms with Gasteiger partial charge in [0.2, 0.25) is 5.91 Å². The Morgan fingerprint density at radius 3 is 1.22 bits per heavy atom. The lowest BCUT2D eigenvalue weighted by molar-refractivity contribution is -0.124. The molecule has 32 heavy (non-hydrogen) atoms. The molecule has 0 saturated carbocycles. The molecule has 0 heterocycles. The van der Waals surface area contributed by atoms with Crippen LogP contribution in [0.1, 0.15) is 156 Å². The topological polar surface area (TPSA) is 32.3 Å². The fourth-order valence-corrected chi connectivity index (χ4v) is 4.71. The van der Waals surface area contributed by atoms with E-state index in [1.807, 2.05) is 14.1 Å². The molecule has 3 nitrogen and oxygen atoms in total. The summed E-state index contributed by atoms with van der Waals surface area (Å²) in [5.41, 5.74) is 0.0483. The van der Waals surface area contributed by atoms with E-state index in [-0.39, 0.29) is 17.5 Å². The summed E-state index contributed by atoms with van der Waals surface area (Å²) in [6, 6.07) is 0. The second-order valence-electron chi connectivity index (χ2n) is 11.4. The first-order valence-corrected chi connectivity index (χ1v) is 14.2. The predicted molar refractivity (Wildman–Crippen MR) is 143 cm³/mol. The molecule has 0 fully saturated rings. The highest BCUT2D eigenvalue weighted by Gasteiger charge is 2.27. The van der Waals surface area contributed by atoms with E-state index in [2.05, 4.69) is 37.9 Å². The van der Waals surface area contributed by atoms with Crippen LogP contribution < -0.4 is 5.32 Å². The summed E-state index contributed by atoms with van der Waals surface area (Å²) < 4.78 is 0. The molecular weight excluding hydrogens is 392 g/mol. The van der Waals surface area contributed by atoms with E-state index in [0.29, 0.717) is 6.42 Å². The van der Waals surface area contributed by atoms with Gasteiger partial charge in [-0.1, -0.05) is 143 Å². The maximum absolute atomic E-state index is 12.2. The van der Waals surface area contributed by atoms with Gasteiger partial charge in [0, 0.05) is 6.42 Å². The van der Waals surface area contributed by atoms with Crippen molar-refractivity contribution >= 4 is 5.91 Å². The van der Waals surface area contributed by atoms with Gasteiger partial charge in [-0.05, 0) is 25.9 Å². The summed E-state index contributed by atoms with van der Waals surface area (Å²) in [7, 11) is 4.07. The number of nitrogens with zero attached hydrogens (tertiary/aromatic N) is 1. The molecule has 1 atom stereocenters. The minimum atomic E-state index is 0.0483. The molecular formula is C29H60N2O. The van der Waals surface area contributed by atoms with Gasteiger partial charge in [0.25, 0.3) is 0 Å². The van der Waals surface area contributed by atoms with Gasteiger partial charge in [-0.15, -0.1) is 0 Å². The van der Waals surface area contributed by atoms with Gasteiger partial charge in [-0.25, -0.2) is 0 Å². The minimum absolute atomic E-state index is 0.0483. The molecule has 1 unspecified atom stereocenters. The fraction of sp³-hybridized carbons (Fsp3) is 0.966. The van der Waals surface area contributed by atoms with E-state index in [1.54, 1.807) is 0 Å². The van der Waals surface area contributed by atoms with Crippen molar-refractivity contribution in [1.82, 2.24) is 10.2 Å². The molecule has 0 rings (SSSR count). The second-order valence-corrected chi connectivity index (χ2v) is 11.4. The van der Waals surface area contributed by atoms with Crippen LogP contribution in [-0.4, -0.2) is 31.1 Å². The molecule has 0 aliphatic heterocycles. The summed E-state index contributed by atoms with van der Waals surface area (Å²) in [4.78, 5) is 14.4. The van der Waals surface area contributed by atoms with Crippen molar-refractivity contribution in [2.24, 2.45) is 5.41 Å². The first-order valence-electron chi connectivity index (χ1n) is 14.2. The smallest absolute Gasteiger partial charge is 0.221 e. The molecule has 0 saturated heterocycles. The molecule has 0 aliphatic rings. The number of carbonyl (C=O) groups excluding carboxylic acids is 1. The summed E-state index contributed by atoms with van der Waals surface area (Å²) in [5, 5.41) is 3.20. The largest absolute Gasteiger partial charge is 0.340 e. The molecule has 0 aromatic carbocycles. The van der Waals surface area contributed by atoms with Gasteiger partial charge in [0.05, 0.1) is 6.17 Å². The maximum Gasteiger partial charge on any atom is 0.221 e. The lowest BCUT2D eigenvalue weighted by Gasteiger charge is -2.36. The van der Waals surface area contributed by atoms with Gasteiger partial charge < -0.3 is 5.32 Å². The van der Waals surface area contributed by atoms with Gasteiger partial charge in [0.15, 0.2) is 0 Å². The second kappa shape index (κ2) is 21.0. The summed E-state index contributed by atoms with van der Waals surface area (Å²) in [5.74, 6) is 0.200. The SMILES string of the molecule is CCCCCCCCCCCCCCCCCCCCCC(=O)NC(N(C)C)C(C)(C)C. The Bertz CT molecular complexity index is 414. The molecule has 1 N–H and O–H groups in total. The summed E-state index contributed by atoms with van der Waals surface area (Å²) in [6.45, 7) is 8.82. The quantitative estimate of drug-likeness (QED) is 0.131. The van der Waals surface area contributed by atoms with Crippen molar-refractivity contribution in [3.05, 3.63) is 0 Å². The van der Waals surface area contributed by atoms with Crippen LogP contribution in [0.2, 0.25) is 0 Å². The molecule has 0 aromatic rings. The van der Waals surface area contributed by atoms with Crippen molar-refractivity contribution in [1.29, 1.82) is 0 Å². The van der Waals surface area contributed by atoms with E-state index in [1.165, 1.54) is 116 Å². The standard InChI is InChI=1S/C29H60N2O/c1-7-8-9-10-11-12-13-14-15-16-17-18-19-20-21-22-23-24-25-26-27(32)30-28(31(5)6)29(2,3)4/h28H,7-26H2,1-6H3,(H,30,32). The van der Waals surface area contributed by atoms with Crippen LogP contribution >= 0.6 is 0 Å². The van der Waals surface area contributed by atoms with Crippen molar-refractivity contribution in [2.75, 3.05) is 14.1 Å². The van der Waals surface area contributed by atoms with Crippen LogP contribution in [0.4, 0.5) is 0 Å². The van der Waals surface area contributed by atoms with Gasteiger partial charge >= 0.3 is 0 Å². The van der Waals surface area contributed by atoms with Crippen LogP contribution in [0.15, 0.2) is 0 Å². The number of unbranched alkanes of at least 4 members (excludes halogenated alkanes) is 18. The monoisotopic (exact) mass is 452 g/mol. The zero-order valence-corrected chi connectivity index (χ0v) is 23.1. The predicted octanol–water partition coefficient (Wildman–Crippen LogP) is 8.86. The summed E-state index contributed by atoms with van der Waals surface area (Å²) >= 11 is 0. The molecule has 1 amide bonds. The van der Waals surface area contributed by atoms with Crippen LogP contribution in [0, 0.1) is 5.41 Å². The van der Waals surface area contributed by atoms with Crippen molar-refractivity contribution in [3.63, 3.8) is 0 Å².